The van der Waals surface area contributed by atoms with Gasteiger partial charge < -0.3 is 0 Å². The first-order chi connectivity index (χ1) is 7.44. The summed E-state index contributed by atoms with van der Waals surface area (Å²) in [5.41, 5.74) is 0.748. The fourth-order valence-electron chi connectivity index (χ4n) is 1.65. The van der Waals surface area contributed by atoms with E-state index in [1.54, 1.807) is 32.2 Å². The van der Waals surface area contributed by atoms with Crippen molar-refractivity contribution in [2.45, 2.75) is 11.2 Å². The summed E-state index contributed by atoms with van der Waals surface area (Å²) in [6.07, 6.45) is 0. The molecule has 1 aromatic rings. The topological polar surface area (TPSA) is 32.7 Å². The molecule has 0 bridgehead atoms. The molecule has 1 unspecified atom stereocenters. The van der Waals surface area contributed by atoms with E-state index in [1.165, 1.54) is 11.1 Å². The van der Waals surface area contributed by atoms with E-state index in [0.29, 0.717) is 11.3 Å². The molecule has 1 amide bonds. The van der Waals surface area contributed by atoms with Gasteiger partial charge in [-0.3, -0.25) is 4.79 Å². The largest absolute Gasteiger partial charge is 0.271 e. The van der Waals surface area contributed by atoms with Crippen LogP contribution in [0.15, 0.2) is 29.4 Å². The van der Waals surface area contributed by atoms with E-state index in [-0.39, 0.29) is 11.7 Å². The maximum atomic E-state index is 13.6. The van der Waals surface area contributed by atoms with Crippen LogP contribution in [0.25, 0.3) is 0 Å². The highest BCUT2D eigenvalue weighted by molar-refractivity contribution is 9.10. The minimum Gasteiger partial charge on any atom is -0.271 e. The second-order valence-electron chi connectivity index (χ2n) is 3.76. The van der Waals surface area contributed by atoms with Crippen LogP contribution in [0.3, 0.4) is 0 Å². The molecule has 0 aliphatic carbocycles. The van der Waals surface area contributed by atoms with E-state index in [9.17, 15) is 9.18 Å². The predicted molar refractivity (Wildman–Crippen MR) is 63.0 cm³/mol. The van der Waals surface area contributed by atoms with Crippen LogP contribution in [0.1, 0.15) is 12.5 Å². The fraction of sp³-hybridized carbons (Fsp3) is 0.273. The minimum atomic E-state index is -0.954. The molecule has 0 N–H and O–H groups in total. The summed E-state index contributed by atoms with van der Waals surface area (Å²) in [6, 6.07) is 6.28. The van der Waals surface area contributed by atoms with Crippen LogP contribution in [-0.4, -0.2) is 28.0 Å². The van der Waals surface area contributed by atoms with Gasteiger partial charge in [0.15, 0.2) is 0 Å². The highest BCUT2D eigenvalue weighted by Gasteiger charge is 2.45. The molecule has 0 saturated heterocycles. The number of alkyl halides is 1. The van der Waals surface area contributed by atoms with Crippen molar-refractivity contribution >= 4 is 27.5 Å². The molecule has 3 nitrogen and oxygen atoms in total. The molecule has 1 heterocycles. The zero-order chi connectivity index (χ0) is 11.9. The number of benzene rings is 1. The molecule has 1 aromatic carbocycles. The van der Waals surface area contributed by atoms with Crippen LogP contribution in [-0.2, 0) is 4.79 Å². The van der Waals surface area contributed by atoms with Crippen molar-refractivity contribution in [3.8, 4) is 0 Å². The monoisotopic (exact) mass is 284 g/mol. The Balaban J connectivity index is 2.55. The van der Waals surface area contributed by atoms with Crippen LogP contribution in [0.4, 0.5) is 4.39 Å². The number of amides is 1. The molecule has 2 rings (SSSR count). The first-order valence-corrected chi connectivity index (χ1v) is 5.55. The highest BCUT2D eigenvalue weighted by Crippen LogP contribution is 2.32. The van der Waals surface area contributed by atoms with Gasteiger partial charge in [0.25, 0.3) is 5.91 Å². The predicted octanol–water partition coefficient (Wildman–Crippen LogP) is 2.16. The standard InChI is InChI=1S/C11H10BrFN2O/c1-11(12)9(14-15(2)10(11)16)7-5-3-4-6-8(7)13/h3-6H,1-2H3. The number of carbonyl (C=O) groups excluding carboxylic acids is 1. The third kappa shape index (κ3) is 1.55. The Morgan fingerprint density at radius 3 is 2.56 bits per heavy atom. The Bertz CT molecular complexity index is 485. The zero-order valence-corrected chi connectivity index (χ0v) is 10.5. The van der Waals surface area contributed by atoms with E-state index in [4.69, 9.17) is 0 Å². The van der Waals surface area contributed by atoms with Gasteiger partial charge in [-0.15, -0.1) is 0 Å². The van der Waals surface area contributed by atoms with Crippen LogP contribution in [0, 0.1) is 5.82 Å². The number of hydrogen-bond donors (Lipinski definition) is 0. The lowest BCUT2D eigenvalue weighted by Gasteiger charge is -2.16. The van der Waals surface area contributed by atoms with Crippen LogP contribution in [0.5, 0.6) is 0 Å². The van der Waals surface area contributed by atoms with Crippen molar-refractivity contribution in [3.63, 3.8) is 0 Å². The van der Waals surface area contributed by atoms with E-state index >= 15 is 0 Å². The van der Waals surface area contributed by atoms with Gasteiger partial charge in [-0.2, -0.15) is 5.10 Å². The summed E-state index contributed by atoms with van der Waals surface area (Å²) in [5.74, 6) is -0.583. The minimum absolute atomic E-state index is 0.203. The van der Waals surface area contributed by atoms with E-state index < -0.39 is 4.32 Å². The molecule has 16 heavy (non-hydrogen) atoms. The van der Waals surface area contributed by atoms with Gasteiger partial charge in [0, 0.05) is 12.6 Å². The second-order valence-corrected chi connectivity index (χ2v) is 5.35. The number of hydrazone groups is 1. The van der Waals surface area contributed by atoms with Crippen molar-refractivity contribution in [1.29, 1.82) is 0 Å². The van der Waals surface area contributed by atoms with E-state index in [1.807, 2.05) is 0 Å². The average molecular weight is 285 g/mol. The molecule has 1 aliphatic rings. The molecule has 0 radical (unpaired) electrons. The molecule has 1 atom stereocenters. The average Bonchev–Trinajstić information content (AvgIpc) is 2.43. The summed E-state index contributed by atoms with van der Waals surface area (Å²) >= 11 is 3.30. The Labute approximate surface area is 101 Å². The summed E-state index contributed by atoms with van der Waals surface area (Å²) in [4.78, 5) is 11.8. The molecule has 0 saturated carbocycles. The molecule has 0 fully saturated rings. The van der Waals surface area contributed by atoms with Crippen molar-refractivity contribution < 1.29 is 9.18 Å². The fourth-order valence-corrected chi connectivity index (χ4v) is 2.20. The summed E-state index contributed by atoms with van der Waals surface area (Å²) in [5, 5.41) is 5.29. The molecule has 1 aliphatic heterocycles. The van der Waals surface area contributed by atoms with Crippen molar-refractivity contribution in [2.24, 2.45) is 5.10 Å². The first-order valence-electron chi connectivity index (χ1n) is 4.75. The van der Waals surface area contributed by atoms with Crippen LogP contribution in [0.2, 0.25) is 0 Å². The van der Waals surface area contributed by atoms with Gasteiger partial charge in [0.1, 0.15) is 10.1 Å². The van der Waals surface area contributed by atoms with Gasteiger partial charge in [0.05, 0.1) is 5.71 Å². The quantitative estimate of drug-likeness (QED) is 0.728. The number of carbonyl (C=O) groups is 1. The normalized spacial score (nSPS) is 24.9. The van der Waals surface area contributed by atoms with Crippen LogP contribution >= 0.6 is 15.9 Å². The smallest absolute Gasteiger partial charge is 0.265 e. The van der Waals surface area contributed by atoms with Crippen molar-refractivity contribution in [3.05, 3.63) is 35.6 Å². The Kier molecular flexibility index (Phi) is 2.58. The lowest BCUT2D eigenvalue weighted by molar-refractivity contribution is -0.128. The highest BCUT2D eigenvalue weighted by atomic mass is 79.9. The molecule has 5 heteroatoms. The first kappa shape index (κ1) is 11.3. The molecule has 0 spiro atoms. The Hall–Kier alpha value is -1.23. The van der Waals surface area contributed by atoms with Crippen LogP contribution < -0.4 is 0 Å². The summed E-state index contributed by atoms with van der Waals surface area (Å²) in [7, 11) is 1.55. The third-order valence-corrected chi connectivity index (χ3v) is 3.23. The number of halogens is 2. The number of rotatable bonds is 1. The Morgan fingerprint density at radius 2 is 2.06 bits per heavy atom. The summed E-state index contributed by atoms with van der Waals surface area (Å²) in [6.45, 7) is 1.67. The molecule has 84 valence electrons. The number of hydrogen-bond acceptors (Lipinski definition) is 2. The molecular formula is C11H10BrFN2O. The van der Waals surface area contributed by atoms with E-state index in [0.717, 1.165) is 0 Å². The zero-order valence-electron chi connectivity index (χ0n) is 8.87. The maximum Gasteiger partial charge on any atom is 0.265 e. The molecular weight excluding hydrogens is 275 g/mol. The SMILES string of the molecule is CN1N=C(c2ccccc2F)C(C)(Br)C1=O. The van der Waals surface area contributed by atoms with Gasteiger partial charge in [-0.1, -0.05) is 34.1 Å². The number of nitrogens with zero attached hydrogens (tertiary/aromatic N) is 2. The van der Waals surface area contributed by atoms with Gasteiger partial charge in [-0.05, 0) is 13.0 Å². The maximum absolute atomic E-state index is 13.6. The Morgan fingerprint density at radius 1 is 1.44 bits per heavy atom. The van der Waals surface area contributed by atoms with E-state index in [2.05, 4.69) is 21.0 Å². The van der Waals surface area contributed by atoms with Gasteiger partial charge in [-0.25, -0.2) is 9.40 Å². The third-order valence-electron chi connectivity index (χ3n) is 2.52. The second kappa shape index (κ2) is 3.66. The molecule has 0 aromatic heterocycles. The lowest BCUT2D eigenvalue weighted by Crippen LogP contribution is -2.37. The van der Waals surface area contributed by atoms with Gasteiger partial charge >= 0.3 is 0 Å². The van der Waals surface area contributed by atoms with Gasteiger partial charge in [0.2, 0.25) is 0 Å². The lowest BCUT2D eigenvalue weighted by atomic mass is 9.98. The van der Waals surface area contributed by atoms with Crippen molar-refractivity contribution in [1.82, 2.24) is 5.01 Å². The van der Waals surface area contributed by atoms with Crippen molar-refractivity contribution in [2.75, 3.05) is 7.05 Å². The summed E-state index contributed by atoms with van der Waals surface area (Å²) < 4.78 is 12.7.